The Kier molecular flexibility index (Phi) is 5.04. The van der Waals surface area contributed by atoms with Crippen molar-refractivity contribution in [3.63, 3.8) is 0 Å². The molecular formula is C16H18N2O3. The minimum Gasteiger partial charge on any atom is -0.508 e. The minimum absolute atomic E-state index is 0.0819. The average Bonchev–Trinajstić information content (AvgIpc) is 2.48. The third-order valence-electron chi connectivity index (χ3n) is 2.87. The third kappa shape index (κ3) is 5.06. The van der Waals surface area contributed by atoms with Crippen molar-refractivity contribution in [2.45, 2.75) is 6.42 Å². The molecule has 0 heterocycles. The van der Waals surface area contributed by atoms with Crippen LogP contribution < -0.4 is 15.8 Å². The number of nitrogens with two attached hydrogens (primary N) is 1. The van der Waals surface area contributed by atoms with E-state index in [1.54, 1.807) is 48.5 Å². The van der Waals surface area contributed by atoms with Crippen molar-refractivity contribution in [1.29, 1.82) is 0 Å². The first-order chi connectivity index (χ1) is 10.1. The van der Waals surface area contributed by atoms with E-state index in [4.69, 9.17) is 15.6 Å². The molecule has 0 unspecified atom stereocenters. The van der Waals surface area contributed by atoms with Gasteiger partial charge in [0.1, 0.15) is 18.1 Å². The van der Waals surface area contributed by atoms with E-state index in [2.05, 4.69) is 5.32 Å². The highest BCUT2D eigenvalue weighted by atomic mass is 16.5. The zero-order valence-electron chi connectivity index (χ0n) is 11.6. The lowest BCUT2D eigenvalue weighted by Crippen LogP contribution is -2.29. The molecule has 2 aromatic rings. The van der Waals surface area contributed by atoms with E-state index >= 15 is 0 Å². The van der Waals surface area contributed by atoms with Crippen molar-refractivity contribution in [3.05, 3.63) is 54.1 Å². The number of anilines is 1. The van der Waals surface area contributed by atoms with E-state index in [0.717, 1.165) is 11.3 Å². The van der Waals surface area contributed by atoms with Crippen molar-refractivity contribution in [2.24, 2.45) is 0 Å². The Morgan fingerprint density at radius 3 is 2.43 bits per heavy atom. The summed E-state index contributed by atoms with van der Waals surface area (Å²) in [5.41, 5.74) is 7.11. The number of phenols is 1. The quantitative estimate of drug-likeness (QED) is 0.557. The molecule has 21 heavy (non-hydrogen) atoms. The van der Waals surface area contributed by atoms with Crippen molar-refractivity contribution < 1.29 is 14.6 Å². The summed E-state index contributed by atoms with van der Waals surface area (Å²) < 4.78 is 5.47. The van der Waals surface area contributed by atoms with E-state index in [1.807, 2.05) is 0 Å². The molecule has 0 saturated heterocycles. The van der Waals surface area contributed by atoms with Crippen LogP contribution in [0, 0.1) is 0 Å². The Balaban J connectivity index is 1.67. The van der Waals surface area contributed by atoms with Gasteiger partial charge in [0.05, 0.1) is 13.0 Å². The number of aromatic hydroxyl groups is 1. The van der Waals surface area contributed by atoms with Crippen LogP contribution in [0.2, 0.25) is 0 Å². The first-order valence-electron chi connectivity index (χ1n) is 6.66. The van der Waals surface area contributed by atoms with Gasteiger partial charge in [-0.3, -0.25) is 4.79 Å². The molecule has 0 aromatic heterocycles. The average molecular weight is 286 g/mol. The highest BCUT2D eigenvalue weighted by Gasteiger charge is 2.03. The standard InChI is InChI=1S/C16H18N2O3/c17-13-3-7-15(8-4-13)21-10-9-18-16(20)11-12-1-5-14(19)6-2-12/h1-8,19H,9-11,17H2,(H,18,20). The minimum atomic E-state index is -0.0819. The van der Waals surface area contributed by atoms with Crippen LogP contribution in [0.25, 0.3) is 0 Å². The van der Waals surface area contributed by atoms with Gasteiger partial charge in [0.25, 0.3) is 0 Å². The van der Waals surface area contributed by atoms with Crippen molar-refractivity contribution in [2.75, 3.05) is 18.9 Å². The zero-order valence-corrected chi connectivity index (χ0v) is 11.6. The molecule has 1 amide bonds. The van der Waals surface area contributed by atoms with Crippen LogP contribution >= 0.6 is 0 Å². The number of carbonyl (C=O) groups is 1. The molecule has 5 heteroatoms. The molecule has 0 radical (unpaired) electrons. The van der Waals surface area contributed by atoms with Gasteiger partial charge in [-0.25, -0.2) is 0 Å². The SMILES string of the molecule is Nc1ccc(OCCNC(=O)Cc2ccc(O)cc2)cc1. The monoisotopic (exact) mass is 286 g/mol. The molecule has 5 nitrogen and oxygen atoms in total. The first-order valence-corrected chi connectivity index (χ1v) is 6.66. The van der Waals surface area contributed by atoms with Gasteiger partial charge in [-0.1, -0.05) is 12.1 Å². The largest absolute Gasteiger partial charge is 0.508 e. The number of nitrogen functional groups attached to an aromatic ring is 1. The van der Waals surface area contributed by atoms with Crippen LogP contribution in [0.4, 0.5) is 5.69 Å². The Bertz CT molecular complexity index is 579. The molecule has 110 valence electrons. The Morgan fingerprint density at radius 1 is 1.10 bits per heavy atom. The Hall–Kier alpha value is -2.69. The molecule has 0 aliphatic carbocycles. The lowest BCUT2D eigenvalue weighted by molar-refractivity contribution is -0.120. The van der Waals surface area contributed by atoms with Gasteiger partial charge in [0, 0.05) is 5.69 Å². The second kappa shape index (κ2) is 7.19. The van der Waals surface area contributed by atoms with Gasteiger partial charge in [-0.2, -0.15) is 0 Å². The predicted octanol–water partition coefficient (Wildman–Crippen LogP) is 1.71. The van der Waals surface area contributed by atoms with Crippen molar-refractivity contribution >= 4 is 11.6 Å². The molecule has 2 aromatic carbocycles. The number of rotatable bonds is 6. The first kappa shape index (κ1) is 14.7. The van der Waals surface area contributed by atoms with Gasteiger partial charge in [-0.15, -0.1) is 0 Å². The Labute approximate surface area is 123 Å². The van der Waals surface area contributed by atoms with Crippen LogP contribution in [0.1, 0.15) is 5.56 Å². The molecule has 0 spiro atoms. The molecule has 0 fully saturated rings. The molecule has 0 aliphatic heterocycles. The molecule has 0 aliphatic rings. The number of carbonyl (C=O) groups excluding carboxylic acids is 1. The van der Waals surface area contributed by atoms with Crippen LogP contribution in [-0.4, -0.2) is 24.2 Å². The van der Waals surface area contributed by atoms with Gasteiger partial charge in [0.15, 0.2) is 0 Å². The number of nitrogens with one attached hydrogen (secondary N) is 1. The van der Waals surface area contributed by atoms with Crippen LogP contribution in [0.3, 0.4) is 0 Å². The van der Waals surface area contributed by atoms with Gasteiger partial charge < -0.3 is 20.9 Å². The normalized spacial score (nSPS) is 10.1. The summed E-state index contributed by atoms with van der Waals surface area (Å²) in [6, 6.07) is 13.7. The van der Waals surface area contributed by atoms with Crippen molar-refractivity contribution in [3.8, 4) is 11.5 Å². The van der Waals surface area contributed by atoms with Gasteiger partial charge in [-0.05, 0) is 42.0 Å². The van der Waals surface area contributed by atoms with Crippen LogP contribution in [-0.2, 0) is 11.2 Å². The summed E-state index contributed by atoms with van der Waals surface area (Å²) in [7, 11) is 0. The summed E-state index contributed by atoms with van der Waals surface area (Å²) in [6.07, 6.45) is 0.280. The third-order valence-corrected chi connectivity index (χ3v) is 2.87. The number of benzene rings is 2. The fourth-order valence-electron chi connectivity index (χ4n) is 1.79. The number of hydrogen-bond donors (Lipinski definition) is 3. The summed E-state index contributed by atoms with van der Waals surface area (Å²) in [5.74, 6) is 0.828. The highest BCUT2D eigenvalue weighted by molar-refractivity contribution is 5.78. The maximum Gasteiger partial charge on any atom is 0.224 e. The number of phenolic OH excluding ortho intramolecular Hbond substituents is 1. The van der Waals surface area contributed by atoms with Gasteiger partial charge in [0.2, 0.25) is 5.91 Å². The maximum atomic E-state index is 11.7. The Morgan fingerprint density at radius 2 is 1.76 bits per heavy atom. The lowest BCUT2D eigenvalue weighted by atomic mass is 10.1. The van der Waals surface area contributed by atoms with Crippen LogP contribution in [0.15, 0.2) is 48.5 Å². The molecule has 4 N–H and O–H groups in total. The molecule has 0 atom stereocenters. The van der Waals surface area contributed by atoms with E-state index < -0.39 is 0 Å². The van der Waals surface area contributed by atoms with E-state index in [0.29, 0.717) is 18.8 Å². The van der Waals surface area contributed by atoms with Crippen molar-refractivity contribution in [1.82, 2.24) is 5.32 Å². The molecule has 2 rings (SSSR count). The summed E-state index contributed by atoms with van der Waals surface area (Å²) in [6.45, 7) is 0.826. The smallest absolute Gasteiger partial charge is 0.224 e. The fraction of sp³-hybridized carbons (Fsp3) is 0.188. The molecular weight excluding hydrogens is 268 g/mol. The van der Waals surface area contributed by atoms with Gasteiger partial charge >= 0.3 is 0 Å². The highest BCUT2D eigenvalue weighted by Crippen LogP contribution is 2.12. The maximum absolute atomic E-state index is 11.7. The second-order valence-electron chi connectivity index (χ2n) is 4.61. The number of amides is 1. The molecule has 0 bridgehead atoms. The second-order valence-corrected chi connectivity index (χ2v) is 4.61. The van der Waals surface area contributed by atoms with E-state index in [-0.39, 0.29) is 18.1 Å². The predicted molar refractivity (Wildman–Crippen MR) is 81.2 cm³/mol. The summed E-state index contributed by atoms with van der Waals surface area (Å²) in [4.78, 5) is 11.7. The lowest BCUT2D eigenvalue weighted by Gasteiger charge is -2.08. The fourth-order valence-corrected chi connectivity index (χ4v) is 1.79. The zero-order chi connectivity index (χ0) is 15.1. The summed E-state index contributed by atoms with van der Waals surface area (Å²) >= 11 is 0. The van der Waals surface area contributed by atoms with Crippen LogP contribution in [0.5, 0.6) is 11.5 Å². The number of ether oxygens (including phenoxy) is 1. The molecule has 0 saturated carbocycles. The van der Waals surface area contributed by atoms with E-state index in [9.17, 15) is 4.79 Å². The topological polar surface area (TPSA) is 84.6 Å². The van der Waals surface area contributed by atoms with E-state index in [1.165, 1.54) is 0 Å². The summed E-state index contributed by atoms with van der Waals surface area (Å²) in [5, 5.41) is 11.9. The number of hydrogen-bond acceptors (Lipinski definition) is 4.